The Hall–Kier alpha value is -2.10. The summed E-state index contributed by atoms with van der Waals surface area (Å²) in [4.78, 5) is 11.9. The molecule has 1 atom stereocenters. The number of halogens is 1. The lowest BCUT2D eigenvalue weighted by Gasteiger charge is -2.13. The van der Waals surface area contributed by atoms with E-state index in [0.717, 1.165) is 18.6 Å². The van der Waals surface area contributed by atoms with Gasteiger partial charge < -0.3 is 9.73 Å². The molecule has 0 bridgehead atoms. The lowest BCUT2D eigenvalue weighted by molar-refractivity contribution is 0.0934. The van der Waals surface area contributed by atoms with Crippen LogP contribution in [0, 0.1) is 5.82 Å². The molecule has 0 aliphatic heterocycles. The van der Waals surface area contributed by atoms with Gasteiger partial charge in [-0.05, 0) is 37.6 Å². The number of furan rings is 1. The summed E-state index contributed by atoms with van der Waals surface area (Å²) in [6.45, 7) is 1.89. The van der Waals surface area contributed by atoms with Gasteiger partial charge in [-0.3, -0.25) is 4.79 Å². The van der Waals surface area contributed by atoms with E-state index in [4.69, 9.17) is 4.42 Å². The minimum absolute atomic E-state index is 0.0443. The summed E-state index contributed by atoms with van der Waals surface area (Å²) in [6.07, 6.45) is 3.11. The van der Waals surface area contributed by atoms with E-state index in [0.29, 0.717) is 0 Å². The highest BCUT2D eigenvalue weighted by molar-refractivity contribution is 5.94. The van der Waals surface area contributed by atoms with Crippen molar-refractivity contribution < 1.29 is 13.6 Å². The second-order valence-electron chi connectivity index (χ2n) is 4.47. The second kappa shape index (κ2) is 6.18. The average molecular weight is 261 g/mol. The topological polar surface area (TPSA) is 42.2 Å². The second-order valence-corrected chi connectivity index (χ2v) is 4.47. The first-order chi connectivity index (χ1) is 9.16. The fourth-order valence-electron chi connectivity index (χ4n) is 1.83. The highest BCUT2D eigenvalue weighted by atomic mass is 19.1. The van der Waals surface area contributed by atoms with Gasteiger partial charge in [0, 0.05) is 12.5 Å². The number of carbonyl (C=O) groups is 1. The zero-order valence-corrected chi connectivity index (χ0v) is 10.7. The number of carbonyl (C=O) groups excluding carboxylic acids is 1. The Morgan fingerprint density at radius 2 is 2.11 bits per heavy atom. The van der Waals surface area contributed by atoms with E-state index in [1.165, 1.54) is 12.1 Å². The third kappa shape index (κ3) is 3.68. The molecule has 0 saturated heterocycles. The number of rotatable bonds is 5. The molecule has 0 radical (unpaired) electrons. The lowest BCUT2D eigenvalue weighted by atomic mass is 10.1. The van der Waals surface area contributed by atoms with Crippen molar-refractivity contribution in [1.29, 1.82) is 0 Å². The van der Waals surface area contributed by atoms with Crippen molar-refractivity contribution in [3.05, 3.63) is 59.8 Å². The maximum Gasteiger partial charge on any atom is 0.254 e. The molecule has 0 aliphatic carbocycles. The maximum absolute atomic E-state index is 13.4. The predicted molar refractivity (Wildman–Crippen MR) is 70.4 cm³/mol. The number of nitrogens with one attached hydrogen (secondary N) is 1. The van der Waals surface area contributed by atoms with Gasteiger partial charge in [0.1, 0.15) is 11.6 Å². The molecule has 1 amide bonds. The molecule has 0 fully saturated rings. The molecule has 1 aromatic heterocycles. The van der Waals surface area contributed by atoms with Crippen molar-refractivity contribution in [2.24, 2.45) is 0 Å². The Labute approximate surface area is 111 Å². The fraction of sp³-hybridized carbons (Fsp3) is 0.267. The monoisotopic (exact) mass is 261 g/mol. The van der Waals surface area contributed by atoms with Gasteiger partial charge in [0.05, 0.1) is 11.8 Å². The van der Waals surface area contributed by atoms with E-state index < -0.39 is 5.82 Å². The molecule has 3 nitrogen and oxygen atoms in total. The predicted octanol–water partition coefficient (Wildman–Crippen LogP) is 3.17. The van der Waals surface area contributed by atoms with Crippen molar-refractivity contribution in [2.45, 2.75) is 25.8 Å². The van der Waals surface area contributed by atoms with E-state index >= 15 is 0 Å². The van der Waals surface area contributed by atoms with Crippen LogP contribution in [0.25, 0.3) is 0 Å². The third-order valence-corrected chi connectivity index (χ3v) is 2.90. The zero-order chi connectivity index (χ0) is 13.7. The number of hydrogen-bond donors (Lipinski definition) is 1. The lowest BCUT2D eigenvalue weighted by Crippen LogP contribution is -2.33. The smallest absolute Gasteiger partial charge is 0.254 e. The first-order valence-electron chi connectivity index (χ1n) is 6.24. The zero-order valence-electron chi connectivity index (χ0n) is 10.7. The van der Waals surface area contributed by atoms with Crippen LogP contribution in [0.5, 0.6) is 0 Å². The van der Waals surface area contributed by atoms with Crippen LogP contribution in [0.3, 0.4) is 0 Å². The van der Waals surface area contributed by atoms with Gasteiger partial charge in [-0.1, -0.05) is 12.1 Å². The standard InChI is InChI=1S/C15H16FNO2/c1-11(8-9-12-5-4-10-19-12)17-15(18)13-6-2-3-7-14(13)16/h2-7,10-11H,8-9H2,1H3,(H,17,18)/t11-/m0/s1. The van der Waals surface area contributed by atoms with Crippen LogP contribution in [0.2, 0.25) is 0 Å². The molecule has 1 heterocycles. The van der Waals surface area contributed by atoms with Gasteiger partial charge in [0.2, 0.25) is 0 Å². The highest BCUT2D eigenvalue weighted by Gasteiger charge is 2.13. The Balaban J connectivity index is 1.87. The van der Waals surface area contributed by atoms with Gasteiger partial charge in [0.15, 0.2) is 0 Å². The molecule has 0 unspecified atom stereocenters. The van der Waals surface area contributed by atoms with E-state index in [-0.39, 0.29) is 17.5 Å². The van der Waals surface area contributed by atoms with E-state index in [9.17, 15) is 9.18 Å². The van der Waals surface area contributed by atoms with Gasteiger partial charge in [-0.25, -0.2) is 4.39 Å². The summed E-state index contributed by atoms with van der Waals surface area (Å²) >= 11 is 0. The van der Waals surface area contributed by atoms with Crippen molar-refractivity contribution in [1.82, 2.24) is 5.32 Å². The number of benzene rings is 1. The SMILES string of the molecule is C[C@@H](CCc1ccco1)NC(=O)c1ccccc1F. The molecule has 2 rings (SSSR count). The summed E-state index contributed by atoms with van der Waals surface area (Å²) in [7, 11) is 0. The Morgan fingerprint density at radius 1 is 1.32 bits per heavy atom. The molecule has 2 aromatic rings. The summed E-state index contributed by atoms with van der Waals surface area (Å²) in [6, 6.07) is 9.64. The van der Waals surface area contributed by atoms with Crippen molar-refractivity contribution in [3.63, 3.8) is 0 Å². The van der Waals surface area contributed by atoms with Crippen LogP contribution >= 0.6 is 0 Å². The van der Waals surface area contributed by atoms with Crippen LogP contribution in [0.4, 0.5) is 4.39 Å². The third-order valence-electron chi connectivity index (χ3n) is 2.90. The van der Waals surface area contributed by atoms with Crippen molar-refractivity contribution >= 4 is 5.91 Å². The van der Waals surface area contributed by atoms with E-state index in [1.807, 2.05) is 19.1 Å². The molecule has 4 heteroatoms. The van der Waals surface area contributed by atoms with Gasteiger partial charge in [-0.2, -0.15) is 0 Å². The average Bonchev–Trinajstić information content (AvgIpc) is 2.90. The number of hydrogen-bond acceptors (Lipinski definition) is 2. The summed E-state index contributed by atoms with van der Waals surface area (Å²) in [5, 5.41) is 2.78. The van der Waals surface area contributed by atoms with Gasteiger partial charge in [-0.15, -0.1) is 0 Å². The molecular weight excluding hydrogens is 245 g/mol. The molecule has 0 aliphatic rings. The minimum Gasteiger partial charge on any atom is -0.469 e. The van der Waals surface area contributed by atoms with Crippen molar-refractivity contribution in [2.75, 3.05) is 0 Å². The van der Waals surface area contributed by atoms with Crippen molar-refractivity contribution in [3.8, 4) is 0 Å². The summed E-state index contributed by atoms with van der Waals surface area (Å²) in [5.41, 5.74) is 0.0762. The van der Waals surface area contributed by atoms with Crippen LogP contribution < -0.4 is 5.32 Å². The normalized spacial score (nSPS) is 12.1. The van der Waals surface area contributed by atoms with Crippen LogP contribution in [0.1, 0.15) is 29.5 Å². The van der Waals surface area contributed by atoms with Gasteiger partial charge >= 0.3 is 0 Å². The fourth-order valence-corrected chi connectivity index (χ4v) is 1.83. The summed E-state index contributed by atoms with van der Waals surface area (Å²) < 4.78 is 18.6. The van der Waals surface area contributed by atoms with Crippen LogP contribution in [-0.2, 0) is 6.42 Å². The molecular formula is C15H16FNO2. The largest absolute Gasteiger partial charge is 0.469 e. The number of aryl methyl sites for hydroxylation is 1. The molecule has 0 spiro atoms. The Kier molecular flexibility index (Phi) is 4.34. The van der Waals surface area contributed by atoms with E-state index in [2.05, 4.69) is 5.32 Å². The highest BCUT2D eigenvalue weighted by Crippen LogP contribution is 2.09. The molecule has 19 heavy (non-hydrogen) atoms. The Morgan fingerprint density at radius 3 is 2.79 bits per heavy atom. The summed E-state index contributed by atoms with van der Waals surface area (Å²) in [5.74, 6) is -0.00438. The quantitative estimate of drug-likeness (QED) is 0.898. The molecule has 0 saturated carbocycles. The Bertz CT molecular complexity index is 537. The van der Waals surface area contributed by atoms with E-state index in [1.54, 1.807) is 18.4 Å². The maximum atomic E-state index is 13.4. The first-order valence-corrected chi connectivity index (χ1v) is 6.24. The first kappa shape index (κ1) is 13.3. The number of amides is 1. The molecule has 1 N–H and O–H groups in total. The van der Waals surface area contributed by atoms with Crippen LogP contribution in [0.15, 0.2) is 47.1 Å². The molecule has 100 valence electrons. The molecule has 1 aromatic carbocycles. The minimum atomic E-state index is -0.502. The van der Waals surface area contributed by atoms with Crippen LogP contribution in [-0.4, -0.2) is 11.9 Å². The van der Waals surface area contributed by atoms with Gasteiger partial charge in [0.25, 0.3) is 5.91 Å².